The molecule has 8 nitrogen and oxygen atoms in total. The zero-order valence-corrected chi connectivity index (χ0v) is 15.0. The van der Waals surface area contributed by atoms with Crippen LogP contribution in [-0.2, 0) is 20.0 Å². The minimum atomic E-state index is -3.65. The Bertz CT molecular complexity index is 1010. The molecule has 0 amide bonds. The molecule has 134 valence electrons. The van der Waals surface area contributed by atoms with Crippen LogP contribution >= 0.6 is 0 Å². The molecule has 0 bridgehead atoms. The molecule has 25 heavy (non-hydrogen) atoms. The van der Waals surface area contributed by atoms with E-state index in [2.05, 4.69) is 21.3 Å². The monoisotopic (exact) mass is 382 g/mol. The van der Waals surface area contributed by atoms with Gasteiger partial charge >= 0.3 is 0 Å². The first-order chi connectivity index (χ1) is 11.8. The largest absolute Gasteiger partial charge is 0.253 e. The molecule has 0 unspecified atom stereocenters. The Morgan fingerprint density at radius 2 is 1.92 bits per heavy atom. The van der Waals surface area contributed by atoms with Crippen molar-refractivity contribution in [3.05, 3.63) is 42.6 Å². The fourth-order valence-corrected chi connectivity index (χ4v) is 4.86. The lowest BCUT2D eigenvalue weighted by Crippen LogP contribution is -2.32. The van der Waals surface area contributed by atoms with Crippen LogP contribution in [0.2, 0.25) is 0 Å². The van der Waals surface area contributed by atoms with E-state index in [1.165, 1.54) is 22.6 Å². The van der Waals surface area contributed by atoms with Crippen molar-refractivity contribution in [2.75, 3.05) is 19.6 Å². The predicted octanol–water partition coefficient (Wildman–Crippen LogP) is 0.703. The van der Waals surface area contributed by atoms with Crippen molar-refractivity contribution in [1.29, 1.82) is 0 Å². The summed E-state index contributed by atoms with van der Waals surface area (Å²) in [5.41, 5.74) is 1.14. The number of aromatic nitrogens is 2. The molecule has 2 aromatic rings. The molecule has 1 aromatic carbocycles. The minimum Gasteiger partial charge on any atom is -0.253 e. The van der Waals surface area contributed by atoms with E-state index in [1.807, 2.05) is 0 Å². The molecule has 1 fully saturated rings. The summed E-state index contributed by atoms with van der Waals surface area (Å²) in [4.78, 5) is 8.42. The van der Waals surface area contributed by atoms with E-state index in [0.717, 1.165) is 5.41 Å². The predicted molar refractivity (Wildman–Crippen MR) is 93.5 cm³/mol. The Labute approximate surface area is 146 Å². The third kappa shape index (κ3) is 3.87. The van der Waals surface area contributed by atoms with Crippen LogP contribution in [0.4, 0.5) is 0 Å². The van der Waals surface area contributed by atoms with Crippen LogP contribution < -0.4 is 4.72 Å². The standard InChI is InChI=1S/C15H18N4O4S2/c1-2-24(20,21)18-10-12-5-8-19(11-12)25(22,23)13-3-4-14-15(9-13)17-7-6-16-14/h2-4,6-7,9,12,18H,1,5,8,10-11H2/t12-/m1/s1. The Hall–Kier alpha value is -1.88. The number of nitrogens with one attached hydrogen (secondary N) is 1. The van der Waals surface area contributed by atoms with Crippen LogP contribution in [-0.4, -0.2) is 50.7 Å². The van der Waals surface area contributed by atoms with Crippen molar-refractivity contribution in [2.24, 2.45) is 5.92 Å². The first-order valence-electron chi connectivity index (χ1n) is 7.65. The fraction of sp³-hybridized carbons (Fsp3) is 0.333. The second kappa shape index (κ2) is 6.79. The molecule has 1 aliphatic heterocycles. The third-order valence-electron chi connectivity index (χ3n) is 4.12. The summed E-state index contributed by atoms with van der Waals surface area (Å²) in [5.74, 6) is -0.0789. The number of benzene rings is 1. The van der Waals surface area contributed by atoms with Gasteiger partial charge in [-0.2, -0.15) is 4.31 Å². The highest BCUT2D eigenvalue weighted by Crippen LogP contribution is 2.25. The number of rotatable bonds is 6. The third-order valence-corrected chi connectivity index (χ3v) is 6.99. The van der Waals surface area contributed by atoms with Gasteiger partial charge in [-0.15, -0.1) is 0 Å². The van der Waals surface area contributed by atoms with Crippen molar-refractivity contribution in [1.82, 2.24) is 19.0 Å². The van der Waals surface area contributed by atoms with E-state index in [4.69, 9.17) is 0 Å². The Balaban J connectivity index is 1.75. The molecule has 0 radical (unpaired) electrons. The van der Waals surface area contributed by atoms with Crippen molar-refractivity contribution in [3.63, 3.8) is 0 Å². The van der Waals surface area contributed by atoms with Gasteiger partial charge < -0.3 is 0 Å². The van der Waals surface area contributed by atoms with Gasteiger partial charge in [0.25, 0.3) is 0 Å². The van der Waals surface area contributed by atoms with Crippen LogP contribution in [0.25, 0.3) is 11.0 Å². The molecule has 2 heterocycles. The zero-order chi connectivity index (χ0) is 18.1. The molecule has 0 aliphatic carbocycles. The summed E-state index contributed by atoms with van der Waals surface area (Å²) >= 11 is 0. The number of sulfonamides is 2. The first-order valence-corrected chi connectivity index (χ1v) is 10.6. The number of nitrogens with zero attached hydrogens (tertiary/aromatic N) is 3. The molecule has 0 spiro atoms. The van der Waals surface area contributed by atoms with E-state index in [9.17, 15) is 16.8 Å². The van der Waals surface area contributed by atoms with Gasteiger partial charge in [-0.05, 0) is 30.5 Å². The van der Waals surface area contributed by atoms with Gasteiger partial charge in [-0.25, -0.2) is 21.6 Å². The summed E-state index contributed by atoms with van der Waals surface area (Å²) < 4.78 is 52.2. The normalized spacial score (nSPS) is 19.3. The minimum absolute atomic E-state index is 0.0789. The molecule has 0 saturated carbocycles. The second-order valence-corrected chi connectivity index (χ2v) is 9.43. The quantitative estimate of drug-likeness (QED) is 0.788. The van der Waals surface area contributed by atoms with Crippen LogP contribution in [0, 0.1) is 5.92 Å². The SMILES string of the molecule is C=CS(=O)(=O)NC[C@H]1CCN(S(=O)(=O)c2ccc3nccnc3c2)C1. The van der Waals surface area contributed by atoms with Crippen LogP contribution in [0.3, 0.4) is 0 Å². The van der Waals surface area contributed by atoms with Crippen molar-refractivity contribution >= 4 is 31.1 Å². The molecule has 10 heteroatoms. The van der Waals surface area contributed by atoms with E-state index < -0.39 is 20.0 Å². The lowest BCUT2D eigenvalue weighted by Gasteiger charge is -2.17. The Morgan fingerprint density at radius 3 is 2.64 bits per heavy atom. The van der Waals surface area contributed by atoms with Gasteiger partial charge in [0.05, 0.1) is 15.9 Å². The van der Waals surface area contributed by atoms with Gasteiger partial charge in [0, 0.05) is 37.4 Å². The molecule has 1 atom stereocenters. The van der Waals surface area contributed by atoms with Gasteiger partial charge in [-0.3, -0.25) is 9.97 Å². The molecule has 1 N–H and O–H groups in total. The Kier molecular flexibility index (Phi) is 4.87. The zero-order valence-electron chi connectivity index (χ0n) is 13.4. The summed E-state index contributed by atoms with van der Waals surface area (Å²) in [7, 11) is -7.16. The first kappa shape index (κ1) is 17.9. The summed E-state index contributed by atoms with van der Waals surface area (Å²) in [6.07, 6.45) is 3.65. The second-order valence-electron chi connectivity index (χ2n) is 5.78. The molecular formula is C15H18N4O4S2. The number of hydrogen-bond acceptors (Lipinski definition) is 6. The average Bonchev–Trinajstić information content (AvgIpc) is 3.09. The smallest absolute Gasteiger partial charge is 0.243 e. The van der Waals surface area contributed by atoms with Crippen molar-refractivity contribution < 1.29 is 16.8 Å². The molecule has 1 saturated heterocycles. The Morgan fingerprint density at radius 1 is 1.20 bits per heavy atom. The van der Waals surface area contributed by atoms with Gasteiger partial charge in [0.15, 0.2) is 0 Å². The van der Waals surface area contributed by atoms with E-state index in [-0.39, 0.29) is 23.9 Å². The van der Waals surface area contributed by atoms with Gasteiger partial charge in [0.2, 0.25) is 20.0 Å². The van der Waals surface area contributed by atoms with Crippen LogP contribution in [0.15, 0.2) is 47.5 Å². The maximum Gasteiger partial charge on any atom is 0.243 e. The highest BCUT2D eigenvalue weighted by molar-refractivity contribution is 7.92. The average molecular weight is 382 g/mol. The highest BCUT2D eigenvalue weighted by atomic mass is 32.2. The van der Waals surface area contributed by atoms with E-state index >= 15 is 0 Å². The maximum absolute atomic E-state index is 12.8. The van der Waals surface area contributed by atoms with E-state index in [1.54, 1.807) is 12.3 Å². The van der Waals surface area contributed by atoms with Gasteiger partial charge in [-0.1, -0.05) is 6.58 Å². The summed E-state index contributed by atoms with van der Waals surface area (Å²) in [5, 5.41) is 0.840. The summed E-state index contributed by atoms with van der Waals surface area (Å²) in [6, 6.07) is 4.65. The number of hydrogen-bond donors (Lipinski definition) is 1. The lowest BCUT2D eigenvalue weighted by molar-refractivity contribution is 0.455. The highest BCUT2D eigenvalue weighted by Gasteiger charge is 2.33. The lowest BCUT2D eigenvalue weighted by atomic mass is 10.1. The molecule has 1 aromatic heterocycles. The van der Waals surface area contributed by atoms with Crippen LogP contribution in [0.5, 0.6) is 0 Å². The van der Waals surface area contributed by atoms with Crippen molar-refractivity contribution in [3.8, 4) is 0 Å². The maximum atomic E-state index is 12.8. The fourth-order valence-electron chi connectivity index (χ4n) is 2.73. The van der Waals surface area contributed by atoms with E-state index in [0.29, 0.717) is 24.0 Å². The van der Waals surface area contributed by atoms with Crippen molar-refractivity contribution in [2.45, 2.75) is 11.3 Å². The molecule has 3 rings (SSSR count). The molecule has 1 aliphatic rings. The number of fused-ring (bicyclic) bond motifs is 1. The van der Waals surface area contributed by atoms with Crippen LogP contribution in [0.1, 0.15) is 6.42 Å². The molecular weight excluding hydrogens is 364 g/mol. The topological polar surface area (TPSA) is 109 Å². The van der Waals surface area contributed by atoms with Gasteiger partial charge in [0.1, 0.15) is 0 Å². The summed E-state index contributed by atoms with van der Waals surface area (Å²) in [6.45, 7) is 4.03.